The molecule has 0 aliphatic rings. The Kier molecular flexibility index (Phi) is 3.11. The summed E-state index contributed by atoms with van der Waals surface area (Å²) >= 11 is 1.53. The number of rotatable bonds is 4. The number of aromatic nitrogens is 3. The lowest BCUT2D eigenvalue weighted by atomic mass is 10.2. The number of carboxylic acid groups (broad SMARTS) is 1. The Hall–Kier alpha value is -2.41. The fraction of sp³-hybridized carbons (Fsp3) is 0.154. The van der Waals surface area contributed by atoms with Gasteiger partial charge >= 0.3 is 11.7 Å². The van der Waals surface area contributed by atoms with Crippen LogP contribution in [0.2, 0.25) is 0 Å². The van der Waals surface area contributed by atoms with E-state index in [-0.39, 0.29) is 11.3 Å². The minimum Gasteiger partial charge on any atom is -0.478 e. The van der Waals surface area contributed by atoms with Gasteiger partial charge in [0.1, 0.15) is 0 Å². The number of carbonyl (C=O) groups is 1. The molecule has 3 rings (SSSR count). The van der Waals surface area contributed by atoms with Gasteiger partial charge in [-0.15, -0.1) is 11.3 Å². The zero-order valence-electron chi connectivity index (χ0n) is 10.4. The molecule has 2 N–H and O–H groups in total. The number of aromatic amines is 1. The summed E-state index contributed by atoms with van der Waals surface area (Å²) < 4.78 is 1.54. The van der Waals surface area contributed by atoms with Gasteiger partial charge in [-0.25, -0.2) is 14.6 Å². The summed E-state index contributed by atoms with van der Waals surface area (Å²) in [4.78, 5) is 29.9. The average molecular weight is 289 g/mol. The van der Waals surface area contributed by atoms with Crippen LogP contribution in [0.5, 0.6) is 0 Å². The van der Waals surface area contributed by atoms with Gasteiger partial charge in [0.25, 0.3) is 0 Å². The molecule has 3 aromatic rings. The number of carboxylic acids is 1. The van der Waals surface area contributed by atoms with Crippen LogP contribution in [0.25, 0.3) is 11.0 Å². The fourth-order valence-corrected chi connectivity index (χ4v) is 2.77. The van der Waals surface area contributed by atoms with E-state index in [4.69, 9.17) is 5.11 Å². The number of benzene rings is 1. The lowest BCUT2D eigenvalue weighted by Gasteiger charge is -2.02. The molecule has 2 aromatic heterocycles. The second-order valence-corrected chi connectivity index (χ2v) is 5.24. The van der Waals surface area contributed by atoms with Crippen LogP contribution in [0, 0.1) is 0 Å². The van der Waals surface area contributed by atoms with E-state index < -0.39 is 5.97 Å². The topological polar surface area (TPSA) is 88.0 Å². The SMILES string of the molecule is O=C(O)c1cccc2c1[nH]c(=O)n2CCc1nccs1. The van der Waals surface area contributed by atoms with Crippen molar-refractivity contribution in [2.75, 3.05) is 0 Å². The monoisotopic (exact) mass is 289 g/mol. The van der Waals surface area contributed by atoms with Gasteiger partial charge in [0.2, 0.25) is 0 Å². The van der Waals surface area contributed by atoms with E-state index in [1.54, 1.807) is 22.9 Å². The van der Waals surface area contributed by atoms with Crippen LogP contribution in [0.1, 0.15) is 15.4 Å². The maximum Gasteiger partial charge on any atom is 0.337 e. The van der Waals surface area contributed by atoms with Gasteiger partial charge in [0.05, 0.1) is 21.6 Å². The van der Waals surface area contributed by atoms with Gasteiger partial charge in [0.15, 0.2) is 0 Å². The number of hydrogen-bond donors (Lipinski definition) is 2. The Bertz CT molecular complexity index is 817. The molecule has 0 saturated heterocycles. The molecule has 2 heterocycles. The third kappa shape index (κ3) is 2.12. The maximum atomic E-state index is 12.0. The van der Waals surface area contributed by atoms with E-state index in [1.807, 2.05) is 5.38 Å². The largest absolute Gasteiger partial charge is 0.478 e. The maximum absolute atomic E-state index is 12.0. The van der Waals surface area contributed by atoms with Gasteiger partial charge < -0.3 is 10.1 Å². The molecule has 6 nitrogen and oxygen atoms in total. The van der Waals surface area contributed by atoms with Crippen molar-refractivity contribution in [3.63, 3.8) is 0 Å². The minimum absolute atomic E-state index is 0.104. The van der Waals surface area contributed by atoms with Crippen molar-refractivity contribution >= 4 is 28.3 Å². The third-order valence-electron chi connectivity index (χ3n) is 3.07. The van der Waals surface area contributed by atoms with Crippen LogP contribution in [0.3, 0.4) is 0 Å². The first-order chi connectivity index (χ1) is 9.66. The summed E-state index contributed by atoms with van der Waals surface area (Å²) in [6.45, 7) is 0.468. The van der Waals surface area contributed by atoms with E-state index in [2.05, 4.69) is 9.97 Å². The number of aryl methyl sites for hydroxylation is 2. The van der Waals surface area contributed by atoms with Crippen molar-refractivity contribution in [1.82, 2.24) is 14.5 Å². The predicted octanol–water partition coefficient (Wildman–Crippen LogP) is 1.73. The summed E-state index contributed by atoms with van der Waals surface area (Å²) in [5, 5.41) is 12.0. The number of aromatic carboxylic acids is 1. The molecule has 0 fully saturated rings. The Balaban J connectivity index is 2.03. The standard InChI is InChI=1S/C13H11N3O3S/c17-12(18)8-2-1-3-9-11(8)15-13(19)16(9)6-4-10-14-5-7-20-10/h1-3,5,7H,4,6H2,(H,15,19)(H,17,18). The molecule has 0 amide bonds. The summed E-state index contributed by atoms with van der Waals surface area (Å²) in [5.41, 5.74) is 0.772. The highest BCUT2D eigenvalue weighted by Gasteiger charge is 2.14. The van der Waals surface area contributed by atoms with Crippen LogP contribution in [-0.2, 0) is 13.0 Å². The summed E-state index contributed by atoms with van der Waals surface area (Å²) in [5.74, 6) is -1.05. The number of nitrogens with zero attached hydrogens (tertiary/aromatic N) is 2. The van der Waals surface area contributed by atoms with Crippen molar-refractivity contribution in [3.05, 3.63) is 50.8 Å². The van der Waals surface area contributed by atoms with Gasteiger partial charge in [-0.1, -0.05) is 6.07 Å². The molecule has 1 aromatic carbocycles. The molecule has 7 heteroatoms. The van der Waals surface area contributed by atoms with E-state index >= 15 is 0 Å². The first-order valence-corrected chi connectivity index (χ1v) is 6.88. The first-order valence-electron chi connectivity index (χ1n) is 6.00. The smallest absolute Gasteiger partial charge is 0.337 e. The first kappa shape index (κ1) is 12.6. The average Bonchev–Trinajstić information content (AvgIpc) is 3.02. The molecule has 0 radical (unpaired) electrons. The molecule has 0 atom stereocenters. The van der Waals surface area contributed by atoms with Crippen molar-refractivity contribution in [2.45, 2.75) is 13.0 Å². The van der Waals surface area contributed by atoms with Crippen LogP contribution in [0.4, 0.5) is 0 Å². The number of H-pyrrole nitrogens is 1. The highest BCUT2D eigenvalue weighted by atomic mass is 32.1. The molecule has 0 aliphatic carbocycles. The third-order valence-corrected chi connectivity index (χ3v) is 3.91. The number of imidazole rings is 1. The summed E-state index contributed by atoms with van der Waals surface area (Å²) in [6, 6.07) is 4.85. The van der Waals surface area contributed by atoms with Crippen LogP contribution in [-0.4, -0.2) is 25.6 Å². The van der Waals surface area contributed by atoms with Gasteiger partial charge in [-0.05, 0) is 12.1 Å². The quantitative estimate of drug-likeness (QED) is 0.765. The number of fused-ring (bicyclic) bond motifs is 1. The van der Waals surface area contributed by atoms with Crippen LogP contribution in [0.15, 0.2) is 34.6 Å². The predicted molar refractivity (Wildman–Crippen MR) is 75.3 cm³/mol. The van der Waals surface area contributed by atoms with Gasteiger partial charge in [-0.2, -0.15) is 0 Å². The minimum atomic E-state index is -1.05. The Morgan fingerprint density at radius 3 is 3.00 bits per heavy atom. The summed E-state index contributed by atoms with van der Waals surface area (Å²) in [7, 11) is 0. The lowest BCUT2D eigenvalue weighted by molar-refractivity contribution is 0.0699. The highest BCUT2D eigenvalue weighted by molar-refractivity contribution is 7.09. The second-order valence-electron chi connectivity index (χ2n) is 4.26. The number of para-hydroxylation sites is 1. The zero-order chi connectivity index (χ0) is 14.1. The molecule has 0 saturated carbocycles. The lowest BCUT2D eigenvalue weighted by Crippen LogP contribution is -2.17. The highest BCUT2D eigenvalue weighted by Crippen LogP contribution is 2.16. The molecule has 20 heavy (non-hydrogen) atoms. The molecule has 0 aliphatic heterocycles. The van der Waals surface area contributed by atoms with Crippen molar-refractivity contribution in [3.8, 4) is 0 Å². The number of nitrogens with one attached hydrogen (secondary N) is 1. The van der Waals surface area contributed by atoms with Crippen molar-refractivity contribution < 1.29 is 9.90 Å². The molecule has 0 spiro atoms. The molecule has 0 unspecified atom stereocenters. The van der Waals surface area contributed by atoms with E-state index in [1.165, 1.54) is 17.4 Å². The Morgan fingerprint density at radius 2 is 2.30 bits per heavy atom. The molecule has 0 bridgehead atoms. The number of hydrogen-bond acceptors (Lipinski definition) is 4. The molecular formula is C13H11N3O3S. The second kappa shape index (κ2) is 4.93. The summed E-state index contributed by atoms with van der Waals surface area (Å²) in [6.07, 6.45) is 2.36. The van der Waals surface area contributed by atoms with Crippen LogP contribution >= 0.6 is 11.3 Å². The fourth-order valence-electron chi connectivity index (χ4n) is 2.16. The van der Waals surface area contributed by atoms with Crippen molar-refractivity contribution in [2.24, 2.45) is 0 Å². The van der Waals surface area contributed by atoms with Crippen LogP contribution < -0.4 is 5.69 Å². The van der Waals surface area contributed by atoms with E-state index in [0.717, 1.165) is 5.01 Å². The van der Waals surface area contributed by atoms with Crippen molar-refractivity contribution in [1.29, 1.82) is 0 Å². The van der Waals surface area contributed by atoms with Gasteiger partial charge in [-0.3, -0.25) is 4.57 Å². The van der Waals surface area contributed by atoms with E-state index in [9.17, 15) is 9.59 Å². The number of thiazole rings is 1. The Morgan fingerprint density at radius 1 is 1.45 bits per heavy atom. The van der Waals surface area contributed by atoms with E-state index in [0.29, 0.717) is 24.0 Å². The van der Waals surface area contributed by atoms with Gasteiger partial charge in [0, 0.05) is 24.5 Å². The Labute approximate surface area is 117 Å². The molecular weight excluding hydrogens is 278 g/mol. The molecule has 102 valence electrons. The normalized spacial score (nSPS) is 11.0. The zero-order valence-corrected chi connectivity index (χ0v) is 11.2.